The monoisotopic (exact) mass is 243 g/mol. The van der Waals surface area contributed by atoms with Crippen molar-refractivity contribution in [2.75, 3.05) is 0 Å². The smallest absolute Gasteiger partial charge is 0.214 e. The van der Waals surface area contributed by atoms with Crippen LogP contribution in [0.4, 0.5) is 17.6 Å². The van der Waals surface area contributed by atoms with Crippen LogP contribution in [0.2, 0.25) is 0 Å². The zero-order valence-electron chi connectivity index (χ0n) is 5.49. The van der Waals surface area contributed by atoms with E-state index in [0.29, 0.717) is 6.07 Å². The number of pyridine rings is 1. The van der Waals surface area contributed by atoms with E-state index in [1.54, 1.807) is 0 Å². The fraction of sp³-hybridized carbons (Fsp3) is 0.167. The van der Waals surface area contributed by atoms with Crippen LogP contribution in [-0.4, -0.2) is 4.98 Å². The summed E-state index contributed by atoms with van der Waals surface area (Å²) in [6.45, 7) is 0. The summed E-state index contributed by atoms with van der Waals surface area (Å²) in [6, 6.07) is 1.66. The van der Waals surface area contributed by atoms with Crippen LogP contribution in [0.3, 0.4) is 0 Å². The molecule has 0 aliphatic carbocycles. The van der Waals surface area contributed by atoms with Crippen LogP contribution in [-0.2, 0) is 6.18 Å². The molecule has 1 heterocycles. The lowest BCUT2D eigenvalue weighted by Gasteiger charge is -2.04. The molecular formula is C6H2BrF4N. The minimum Gasteiger partial charge on any atom is -0.214 e. The van der Waals surface area contributed by atoms with Gasteiger partial charge in [0.2, 0.25) is 5.95 Å². The van der Waals surface area contributed by atoms with Gasteiger partial charge in [0.25, 0.3) is 0 Å². The SMILES string of the molecule is Fc1nc(C(F)(F)F)ccc1Br. The Morgan fingerprint density at radius 2 is 1.83 bits per heavy atom. The molecule has 0 radical (unpaired) electrons. The van der Waals surface area contributed by atoms with Crippen molar-refractivity contribution in [2.45, 2.75) is 6.18 Å². The topological polar surface area (TPSA) is 12.9 Å². The molecule has 0 atom stereocenters. The van der Waals surface area contributed by atoms with E-state index in [2.05, 4.69) is 20.9 Å². The van der Waals surface area contributed by atoms with Crippen LogP contribution in [0.25, 0.3) is 0 Å². The van der Waals surface area contributed by atoms with Crippen LogP contribution >= 0.6 is 15.9 Å². The number of hydrogen-bond donors (Lipinski definition) is 0. The second-order valence-corrected chi connectivity index (χ2v) is 2.82. The summed E-state index contributed by atoms with van der Waals surface area (Å²) in [7, 11) is 0. The molecule has 0 amide bonds. The molecule has 66 valence electrons. The highest BCUT2D eigenvalue weighted by Gasteiger charge is 2.32. The van der Waals surface area contributed by atoms with Crippen molar-refractivity contribution in [1.29, 1.82) is 0 Å². The maximum absolute atomic E-state index is 12.5. The third-order valence-corrected chi connectivity index (χ3v) is 1.69. The quantitative estimate of drug-likeness (QED) is 0.505. The van der Waals surface area contributed by atoms with Crippen molar-refractivity contribution in [3.63, 3.8) is 0 Å². The van der Waals surface area contributed by atoms with Crippen LogP contribution in [0, 0.1) is 5.95 Å². The van der Waals surface area contributed by atoms with Gasteiger partial charge in [0, 0.05) is 0 Å². The number of hydrogen-bond acceptors (Lipinski definition) is 1. The number of aromatic nitrogens is 1. The molecular weight excluding hydrogens is 242 g/mol. The summed E-state index contributed by atoms with van der Waals surface area (Å²) >= 11 is 2.69. The highest BCUT2D eigenvalue weighted by molar-refractivity contribution is 9.10. The van der Waals surface area contributed by atoms with Gasteiger partial charge >= 0.3 is 6.18 Å². The molecule has 1 aromatic heterocycles. The zero-order chi connectivity index (χ0) is 9.35. The van der Waals surface area contributed by atoms with Crippen molar-refractivity contribution in [2.24, 2.45) is 0 Å². The number of rotatable bonds is 0. The second kappa shape index (κ2) is 3.01. The van der Waals surface area contributed by atoms with Crippen LogP contribution < -0.4 is 0 Å². The van der Waals surface area contributed by atoms with Gasteiger partial charge in [-0.25, -0.2) is 4.98 Å². The lowest BCUT2D eigenvalue weighted by atomic mass is 10.3. The third kappa shape index (κ3) is 1.94. The predicted molar refractivity (Wildman–Crippen MR) is 36.9 cm³/mol. The Labute approximate surface area is 73.5 Å². The summed E-state index contributed by atoms with van der Waals surface area (Å²) in [5, 5.41) is 0. The number of nitrogens with zero attached hydrogens (tertiary/aromatic N) is 1. The highest BCUT2D eigenvalue weighted by atomic mass is 79.9. The number of halogens is 5. The van der Waals surface area contributed by atoms with E-state index in [-0.39, 0.29) is 4.47 Å². The number of alkyl halides is 3. The molecule has 0 N–H and O–H groups in total. The van der Waals surface area contributed by atoms with E-state index in [1.165, 1.54) is 0 Å². The maximum atomic E-state index is 12.5. The summed E-state index contributed by atoms with van der Waals surface area (Å²) < 4.78 is 47.9. The highest BCUT2D eigenvalue weighted by Crippen LogP contribution is 2.28. The molecule has 6 heteroatoms. The Balaban J connectivity index is 3.14. The van der Waals surface area contributed by atoms with Gasteiger partial charge < -0.3 is 0 Å². The lowest BCUT2D eigenvalue weighted by molar-refractivity contribution is -0.141. The average molecular weight is 244 g/mol. The summed E-state index contributed by atoms with van der Waals surface area (Å²) in [5.41, 5.74) is -1.23. The molecule has 0 aromatic carbocycles. The van der Waals surface area contributed by atoms with Crippen molar-refractivity contribution >= 4 is 15.9 Å². The van der Waals surface area contributed by atoms with E-state index in [0.717, 1.165) is 6.07 Å². The Hall–Kier alpha value is -0.650. The minimum absolute atomic E-state index is 0.0875. The molecule has 0 bridgehead atoms. The zero-order valence-corrected chi connectivity index (χ0v) is 7.08. The van der Waals surface area contributed by atoms with Crippen molar-refractivity contribution in [1.82, 2.24) is 4.98 Å². The maximum Gasteiger partial charge on any atom is 0.433 e. The van der Waals surface area contributed by atoms with E-state index >= 15 is 0 Å². The Bertz CT molecular complexity index is 296. The molecule has 0 aliphatic heterocycles. The van der Waals surface area contributed by atoms with Gasteiger partial charge in [-0.2, -0.15) is 17.6 Å². The molecule has 1 nitrogen and oxygen atoms in total. The third-order valence-electron chi connectivity index (χ3n) is 1.09. The molecule has 0 fully saturated rings. The van der Waals surface area contributed by atoms with Crippen molar-refractivity contribution < 1.29 is 17.6 Å². The van der Waals surface area contributed by atoms with E-state index in [4.69, 9.17) is 0 Å². The summed E-state index contributed by atoms with van der Waals surface area (Å²) in [4.78, 5) is 2.71. The largest absolute Gasteiger partial charge is 0.433 e. The predicted octanol–water partition coefficient (Wildman–Crippen LogP) is 3.00. The van der Waals surface area contributed by atoms with Gasteiger partial charge in [-0.15, -0.1) is 0 Å². The molecule has 1 aromatic rings. The van der Waals surface area contributed by atoms with Gasteiger partial charge in [0.15, 0.2) is 0 Å². The molecule has 0 spiro atoms. The van der Waals surface area contributed by atoms with Crippen molar-refractivity contribution in [3.8, 4) is 0 Å². The molecule has 0 saturated heterocycles. The van der Waals surface area contributed by atoms with Crippen LogP contribution in [0.15, 0.2) is 16.6 Å². The first-order chi connectivity index (χ1) is 5.41. The summed E-state index contributed by atoms with van der Waals surface area (Å²) in [6.07, 6.45) is -4.60. The normalized spacial score (nSPS) is 11.8. The van der Waals surface area contributed by atoms with Crippen molar-refractivity contribution in [3.05, 3.63) is 28.2 Å². The van der Waals surface area contributed by atoms with Crippen LogP contribution in [0.1, 0.15) is 5.69 Å². The van der Waals surface area contributed by atoms with Gasteiger partial charge in [-0.05, 0) is 28.1 Å². The first-order valence-corrected chi connectivity index (χ1v) is 3.60. The Morgan fingerprint density at radius 1 is 1.25 bits per heavy atom. The second-order valence-electron chi connectivity index (χ2n) is 1.97. The Kier molecular flexibility index (Phi) is 2.36. The molecule has 12 heavy (non-hydrogen) atoms. The first-order valence-electron chi connectivity index (χ1n) is 2.80. The fourth-order valence-corrected chi connectivity index (χ4v) is 0.796. The van der Waals surface area contributed by atoms with E-state index in [9.17, 15) is 17.6 Å². The standard InChI is InChI=1S/C6H2BrF4N/c7-3-1-2-4(6(9,10)11)12-5(3)8/h1-2H. The van der Waals surface area contributed by atoms with Gasteiger partial charge in [-0.1, -0.05) is 0 Å². The van der Waals surface area contributed by atoms with Gasteiger partial charge in [0.05, 0.1) is 4.47 Å². The van der Waals surface area contributed by atoms with Crippen LogP contribution in [0.5, 0.6) is 0 Å². The minimum atomic E-state index is -4.60. The molecule has 0 unspecified atom stereocenters. The summed E-state index contributed by atoms with van der Waals surface area (Å²) in [5.74, 6) is -1.16. The van der Waals surface area contributed by atoms with Gasteiger partial charge in [0.1, 0.15) is 5.69 Å². The first kappa shape index (κ1) is 9.44. The average Bonchev–Trinajstić information content (AvgIpc) is 1.92. The van der Waals surface area contributed by atoms with E-state index in [1.807, 2.05) is 0 Å². The Morgan fingerprint density at radius 3 is 2.25 bits per heavy atom. The molecule has 1 rings (SSSR count). The lowest BCUT2D eigenvalue weighted by Crippen LogP contribution is -2.08. The van der Waals surface area contributed by atoms with Gasteiger partial charge in [-0.3, -0.25) is 0 Å². The molecule has 0 saturated carbocycles. The molecule has 0 aliphatic rings. The fourth-order valence-electron chi connectivity index (χ4n) is 0.575. The van der Waals surface area contributed by atoms with E-state index < -0.39 is 17.8 Å².